The number of fused-ring (bicyclic) bond motifs is 1. The molecule has 0 aliphatic rings. The highest BCUT2D eigenvalue weighted by atomic mass is 16.4. The van der Waals surface area contributed by atoms with Crippen LogP contribution in [0.1, 0.15) is 29.8 Å². The van der Waals surface area contributed by atoms with Crippen molar-refractivity contribution in [2.75, 3.05) is 0 Å². The van der Waals surface area contributed by atoms with Gasteiger partial charge in [0.1, 0.15) is 5.82 Å². The molecule has 2 aromatic heterocycles. The molecule has 1 aromatic carbocycles. The number of para-hydroxylation sites is 1. The third-order valence-electron chi connectivity index (χ3n) is 3.18. The monoisotopic (exact) mass is 282 g/mol. The molecule has 106 valence electrons. The molecule has 1 N–H and O–H groups in total. The Morgan fingerprint density at radius 1 is 1.29 bits per heavy atom. The first-order valence-corrected chi connectivity index (χ1v) is 6.74. The fourth-order valence-corrected chi connectivity index (χ4v) is 2.27. The molecule has 6 nitrogen and oxygen atoms in total. The summed E-state index contributed by atoms with van der Waals surface area (Å²) in [6.45, 7) is 2.01. The Morgan fingerprint density at radius 3 is 2.86 bits per heavy atom. The number of hydrogen-bond donors (Lipinski definition) is 1. The summed E-state index contributed by atoms with van der Waals surface area (Å²) < 4.78 is 1.59. The van der Waals surface area contributed by atoms with Gasteiger partial charge in [0.15, 0.2) is 0 Å². The van der Waals surface area contributed by atoms with Crippen LogP contribution in [-0.2, 0) is 6.42 Å². The maximum absolute atomic E-state index is 11.1. The number of aromatic nitrogens is 4. The van der Waals surface area contributed by atoms with E-state index >= 15 is 0 Å². The number of pyridine rings is 1. The van der Waals surface area contributed by atoms with Crippen LogP contribution < -0.4 is 0 Å². The molecule has 6 heteroatoms. The van der Waals surface area contributed by atoms with Crippen LogP contribution in [0.3, 0.4) is 0 Å². The summed E-state index contributed by atoms with van der Waals surface area (Å²) >= 11 is 0. The van der Waals surface area contributed by atoms with Gasteiger partial charge in [0.2, 0.25) is 0 Å². The highest BCUT2D eigenvalue weighted by molar-refractivity contribution is 5.87. The number of nitrogens with zero attached hydrogens (tertiary/aromatic N) is 4. The van der Waals surface area contributed by atoms with Crippen molar-refractivity contribution < 1.29 is 9.90 Å². The molecule has 0 aliphatic heterocycles. The van der Waals surface area contributed by atoms with Crippen LogP contribution >= 0.6 is 0 Å². The van der Waals surface area contributed by atoms with Gasteiger partial charge in [-0.15, -0.1) is 5.10 Å². The summed E-state index contributed by atoms with van der Waals surface area (Å²) in [5.74, 6) is -0.682. The van der Waals surface area contributed by atoms with Gasteiger partial charge in [0, 0.05) is 18.0 Å². The Labute approximate surface area is 121 Å². The molecule has 3 aromatic rings. The molecule has 0 saturated heterocycles. The zero-order valence-corrected chi connectivity index (χ0v) is 11.5. The van der Waals surface area contributed by atoms with Crippen LogP contribution in [0.2, 0.25) is 0 Å². The molecule has 0 amide bonds. The van der Waals surface area contributed by atoms with Gasteiger partial charge < -0.3 is 5.11 Å². The molecule has 0 saturated carbocycles. The summed E-state index contributed by atoms with van der Waals surface area (Å²) in [5, 5.41) is 14.2. The van der Waals surface area contributed by atoms with Crippen molar-refractivity contribution in [1.29, 1.82) is 0 Å². The fraction of sp³-hybridized carbons (Fsp3) is 0.200. The van der Waals surface area contributed by atoms with Crippen LogP contribution in [0.4, 0.5) is 0 Å². The van der Waals surface area contributed by atoms with E-state index in [-0.39, 0.29) is 5.82 Å². The van der Waals surface area contributed by atoms with E-state index in [2.05, 4.69) is 15.1 Å². The van der Waals surface area contributed by atoms with Gasteiger partial charge >= 0.3 is 5.97 Å². The van der Waals surface area contributed by atoms with E-state index < -0.39 is 5.97 Å². The van der Waals surface area contributed by atoms with Crippen molar-refractivity contribution in [3.63, 3.8) is 0 Å². The lowest BCUT2D eigenvalue weighted by atomic mass is 10.2. The Hall–Kier alpha value is -2.76. The first kappa shape index (κ1) is 13.2. The number of carbonyl (C=O) groups is 1. The van der Waals surface area contributed by atoms with Gasteiger partial charge in [-0.05, 0) is 18.6 Å². The van der Waals surface area contributed by atoms with Crippen molar-refractivity contribution in [2.24, 2.45) is 0 Å². The van der Waals surface area contributed by atoms with E-state index in [1.54, 1.807) is 10.9 Å². The Morgan fingerprint density at radius 2 is 2.10 bits per heavy atom. The second-order valence-electron chi connectivity index (χ2n) is 4.67. The zero-order valence-electron chi connectivity index (χ0n) is 11.5. The minimum atomic E-state index is -1.13. The molecule has 2 heterocycles. The van der Waals surface area contributed by atoms with Gasteiger partial charge in [0.05, 0.1) is 11.2 Å². The normalized spacial score (nSPS) is 10.9. The quantitative estimate of drug-likeness (QED) is 0.795. The molecule has 21 heavy (non-hydrogen) atoms. The molecule has 0 fully saturated rings. The van der Waals surface area contributed by atoms with E-state index in [9.17, 15) is 4.79 Å². The zero-order chi connectivity index (χ0) is 14.8. The minimum Gasteiger partial charge on any atom is -0.475 e. The second kappa shape index (κ2) is 5.32. The van der Waals surface area contributed by atoms with E-state index in [1.807, 2.05) is 37.3 Å². The largest absolute Gasteiger partial charge is 0.475 e. The van der Waals surface area contributed by atoms with Crippen LogP contribution in [0.15, 0.2) is 36.5 Å². The molecule has 0 spiro atoms. The van der Waals surface area contributed by atoms with Crippen molar-refractivity contribution in [3.8, 4) is 5.69 Å². The molecule has 3 rings (SSSR count). The predicted octanol–water partition coefficient (Wildman–Crippen LogP) is 2.47. The van der Waals surface area contributed by atoms with Gasteiger partial charge in [-0.1, -0.05) is 25.1 Å². The number of benzene rings is 1. The first-order chi connectivity index (χ1) is 10.2. The number of hydrogen-bond acceptors (Lipinski definition) is 4. The van der Waals surface area contributed by atoms with Gasteiger partial charge in [-0.2, -0.15) is 0 Å². The maximum Gasteiger partial charge on any atom is 0.375 e. The highest BCUT2D eigenvalue weighted by Gasteiger charge is 2.17. The van der Waals surface area contributed by atoms with E-state index in [0.29, 0.717) is 12.2 Å². The summed E-state index contributed by atoms with van der Waals surface area (Å²) in [6, 6.07) is 9.55. The Balaban J connectivity index is 2.24. The number of aromatic carboxylic acids is 1. The van der Waals surface area contributed by atoms with Gasteiger partial charge in [-0.25, -0.2) is 14.5 Å². The third-order valence-corrected chi connectivity index (χ3v) is 3.18. The average molecular weight is 282 g/mol. The fourth-order valence-electron chi connectivity index (χ4n) is 2.27. The van der Waals surface area contributed by atoms with E-state index in [0.717, 1.165) is 23.0 Å². The summed E-state index contributed by atoms with van der Waals surface area (Å²) in [4.78, 5) is 19.6. The molecule has 0 radical (unpaired) electrons. The standard InChI is InChI=1S/C15H14N4O2/c1-2-5-12-17-14(15(20)21)18-19(12)11-8-3-6-10-7-4-9-16-13(10)11/h3-4,6-9H,2,5H2,1H3,(H,20,21). The number of carboxylic acid groups (broad SMARTS) is 1. The van der Waals surface area contributed by atoms with Gasteiger partial charge in [0.25, 0.3) is 5.82 Å². The molecular formula is C15H14N4O2. The molecule has 0 atom stereocenters. The summed E-state index contributed by atoms with van der Waals surface area (Å²) in [6.07, 6.45) is 3.22. The lowest BCUT2D eigenvalue weighted by Gasteiger charge is -2.07. The third kappa shape index (κ3) is 2.35. The molecule has 0 unspecified atom stereocenters. The van der Waals surface area contributed by atoms with E-state index in [1.165, 1.54) is 0 Å². The van der Waals surface area contributed by atoms with Crippen molar-refractivity contribution >= 4 is 16.9 Å². The van der Waals surface area contributed by atoms with Crippen LogP contribution in [0.5, 0.6) is 0 Å². The first-order valence-electron chi connectivity index (χ1n) is 6.74. The topological polar surface area (TPSA) is 80.9 Å². The molecule has 0 bridgehead atoms. The Kier molecular flexibility index (Phi) is 3.35. The minimum absolute atomic E-state index is 0.189. The molecular weight excluding hydrogens is 268 g/mol. The lowest BCUT2D eigenvalue weighted by Crippen LogP contribution is -2.05. The number of rotatable bonds is 4. The highest BCUT2D eigenvalue weighted by Crippen LogP contribution is 2.21. The lowest BCUT2D eigenvalue weighted by molar-refractivity contribution is 0.0683. The second-order valence-corrected chi connectivity index (χ2v) is 4.67. The predicted molar refractivity (Wildman–Crippen MR) is 77.6 cm³/mol. The van der Waals surface area contributed by atoms with Crippen molar-refractivity contribution in [2.45, 2.75) is 19.8 Å². The van der Waals surface area contributed by atoms with Crippen molar-refractivity contribution in [1.82, 2.24) is 19.7 Å². The van der Waals surface area contributed by atoms with Crippen LogP contribution in [-0.4, -0.2) is 30.8 Å². The van der Waals surface area contributed by atoms with Crippen LogP contribution in [0.25, 0.3) is 16.6 Å². The Bertz CT molecular complexity index is 805. The average Bonchev–Trinajstić information content (AvgIpc) is 2.91. The van der Waals surface area contributed by atoms with Crippen molar-refractivity contribution in [3.05, 3.63) is 48.2 Å². The summed E-state index contributed by atoms with van der Waals surface area (Å²) in [7, 11) is 0. The number of aryl methyl sites for hydroxylation is 1. The van der Waals surface area contributed by atoms with Crippen LogP contribution in [0, 0.1) is 0 Å². The maximum atomic E-state index is 11.1. The summed E-state index contributed by atoms with van der Waals surface area (Å²) in [5.41, 5.74) is 1.52. The van der Waals surface area contributed by atoms with Gasteiger partial charge in [-0.3, -0.25) is 4.98 Å². The number of carboxylic acids is 1. The molecule has 0 aliphatic carbocycles. The van der Waals surface area contributed by atoms with E-state index in [4.69, 9.17) is 5.11 Å². The SMILES string of the molecule is CCCc1nc(C(=O)O)nn1-c1cccc2cccnc12. The smallest absolute Gasteiger partial charge is 0.375 e.